The van der Waals surface area contributed by atoms with Crippen molar-refractivity contribution in [3.8, 4) is 0 Å². The van der Waals surface area contributed by atoms with Gasteiger partial charge in [0.25, 0.3) is 0 Å². The van der Waals surface area contributed by atoms with E-state index in [1.54, 1.807) is 0 Å². The van der Waals surface area contributed by atoms with Gasteiger partial charge in [-0.15, -0.1) is 0 Å². The van der Waals surface area contributed by atoms with Crippen molar-refractivity contribution < 1.29 is 38.5 Å². The molecule has 0 unspecified atom stereocenters. The molecule has 0 N–H and O–H groups in total. The Morgan fingerprint density at radius 3 is 1.40 bits per heavy atom. The molecule has 1 aromatic carbocycles. The Hall–Kier alpha value is -2.46. The van der Waals surface area contributed by atoms with Gasteiger partial charge in [-0.3, -0.25) is 0 Å². The van der Waals surface area contributed by atoms with Gasteiger partial charge in [0.15, 0.2) is 11.2 Å². The van der Waals surface area contributed by atoms with Gasteiger partial charge < -0.3 is 18.9 Å². The van der Waals surface area contributed by atoms with E-state index < -0.39 is 35.4 Å². The number of rotatable bonds is 4. The van der Waals surface area contributed by atoms with Crippen molar-refractivity contribution in [2.75, 3.05) is 0 Å². The SMILES string of the molecule is CC1=C(/C=C/c2ccc(/C=C/C3=C(C)[C@@H]4CC[C@@H](C)[C@@H]5CC[C@@]6(C)OO[C@@]45[C@H](O3)O6)cc2)O[C@@H]2O[C@@]3(C)CC[C@H]4[C@H](C)CC[C@@H]1[C@@]24OO3. The van der Waals surface area contributed by atoms with Gasteiger partial charge in [-0.25, -0.2) is 19.6 Å². The van der Waals surface area contributed by atoms with Crippen LogP contribution in [0.2, 0.25) is 0 Å². The molecule has 6 saturated heterocycles. The Bertz CT molecular complexity index is 1480. The van der Waals surface area contributed by atoms with Gasteiger partial charge in [-0.2, -0.15) is 0 Å². The third kappa shape index (κ3) is 4.55. The summed E-state index contributed by atoms with van der Waals surface area (Å²) >= 11 is 0. The standard InChI is InChI=1S/C40H50O8/c1-23-7-15-31-25(3)33(41-35-39(31)29(23)19-21-37(5,43-35)45-47-39)17-13-27-9-11-28(12-10-27)14-18-34-26(4)32-16-8-24(2)30-20-22-38(6)44-36(42-34)40(30,32)48-46-38/h9-14,17-18,23-24,29-32,35-36H,7-8,15-16,19-22H2,1-6H3/b17-13+,18-14+/t23-,24-,29+,30+,31+,32+,35-,36-,37-,38-,39-,40-/m1/s1. The maximum absolute atomic E-state index is 6.63. The molecule has 10 aliphatic rings. The zero-order valence-corrected chi connectivity index (χ0v) is 29.2. The first kappa shape index (κ1) is 31.5. The highest BCUT2D eigenvalue weighted by atomic mass is 17.3. The number of fused-ring (bicyclic) bond motifs is 4. The third-order valence-corrected chi connectivity index (χ3v) is 13.5. The van der Waals surface area contributed by atoms with E-state index in [1.165, 1.54) is 24.0 Å². The predicted octanol–water partition coefficient (Wildman–Crippen LogP) is 8.75. The van der Waals surface area contributed by atoms with Crippen LogP contribution in [0.4, 0.5) is 0 Å². The van der Waals surface area contributed by atoms with Gasteiger partial charge >= 0.3 is 0 Å². The lowest BCUT2D eigenvalue weighted by Gasteiger charge is -2.57. The Balaban J connectivity index is 0.937. The van der Waals surface area contributed by atoms with Gasteiger partial charge in [0, 0.05) is 36.5 Å². The molecule has 2 spiro atoms. The molecule has 8 nitrogen and oxygen atoms in total. The molecule has 258 valence electrons. The topological polar surface area (TPSA) is 73.8 Å². The molecule has 8 fully saturated rings. The van der Waals surface area contributed by atoms with Crippen molar-refractivity contribution in [2.24, 2.45) is 35.5 Å². The summed E-state index contributed by atoms with van der Waals surface area (Å²) in [6, 6.07) is 8.56. The van der Waals surface area contributed by atoms with Crippen LogP contribution in [0.3, 0.4) is 0 Å². The van der Waals surface area contributed by atoms with Crippen LogP contribution in [-0.4, -0.2) is 35.4 Å². The molecule has 2 aliphatic carbocycles. The monoisotopic (exact) mass is 658 g/mol. The number of hydrogen-bond donors (Lipinski definition) is 0. The van der Waals surface area contributed by atoms with Crippen molar-refractivity contribution in [1.29, 1.82) is 0 Å². The molecule has 8 aliphatic heterocycles. The van der Waals surface area contributed by atoms with Gasteiger partial charge in [0.1, 0.15) is 11.5 Å². The Labute approximate surface area is 284 Å². The second-order valence-electron chi connectivity index (χ2n) is 16.4. The molecule has 4 bridgehead atoms. The van der Waals surface area contributed by atoms with Crippen molar-refractivity contribution in [1.82, 2.24) is 0 Å². The van der Waals surface area contributed by atoms with Crippen LogP contribution in [-0.2, 0) is 38.5 Å². The average Bonchev–Trinajstić information content (AvgIpc) is 3.45. The van der Waals surface area contributed by atoms with E-state index in [9.17, 15) is 0 Å². The third-order valence-electron chi connectivity index (χ3n) is 13.5. The quantitative estimate of drug-likeness (QED) is 0.298. The maximum atomic E-state index is 6.63. The van der Waals surface area contributed by atoms with Crippen molar-refractivity contribution in [3.05, 3.63) is 70.2 Å². The highest BCUT2D eigenvalue weighted by Crippen LogP contribution is 2.62. The number of benzene rings is 1. The number of hydrogen-bond acceptors (Lipinski definition) is 8. The lowest BCUT2D eigenvalue weighted by molar-refractivity contribution is -0.556. The molecular weight excluding hydrogens is 608 g/mol. The molecule has 2 saturated carbocycles. The minimum Gasteiger partial charge on any atom is -0.462 e. The summed E-state index contributed by atoms with van der Waals surface area (Å²) in [6.45, 7) is 13.0. The fourth-order valence-electron chi connectivity index (χ4n) is 10.7. The summed E-state index contributed by atoms with van der Waals surface area (Å²) in [4.78, 5) is 24.5. The Kier molecular flexibility index (Phi) is 7.23. The van der Waals surface area contributed by atoms with E-state index in [2.05, 4.69) is 76.3 Å². The van der Waals surface area contributed by atoms with E-state index in [1.807, 2.05) is 13.8 Å². The fourth-order valence-corrected chi connectivity index (χ4v) is 10.7. The maximum Gasteiger partial charge on any atom is 0.235 e. The van der Waals surface area contributed by atoms with Crippen molar-refractivity contribution in [3.63, 3.8) is 0 Å². The highest BCUT2D eigenvalue weighted by Gasteiger charge is 2.69. The van der Waals surface area contributed by atoms with Crippen LogP contribution in [0.15, 0.2) is 59.1 Å². The van der Waals surface area contributed by atoms with Crippen LogP contribution < -0.4 is 0 Å². The lowest BCUT2D eigenvalue weighted by atomic mass is 9.59. The zero-order valence-electron chi connectivity index (χ0n) is 29.2. The Morgan fingerprint density at radius 2 is 0.979 bits per heavy atom. The fraction of sp³-hybridized carbons (Fsp3) is 0.650. The van der Waals surface area contributed by atoms with E-state index in [0.29, 0.717) is 23.7 Å². The average molecular weight is 659 g/mol. The molecule has 11 rings (SSSR count). The largest absolute Gasteiger partial charge is 0.462 e. The van der Waals surface area contributed by atoms with Crippen LogP contribution in [0.5, 0.6) is 0 Å². The van der Waals surface area contributed by atoms with Crippen molar-refractivity contribution in [2.45, 2.75) is 128 Å². The van der Waals surface area contributed by atoms with Crippen LogP contribution >= 0.6 is 0 Å². The van der Waals surface area contributed by atoms with Gasteiger partial charge in [0.2, 0.25) is 24.2 Å². The summed E-state index contributed by atoms with van der Waals surface area (Å²) in [5.41, 5.74) is 3.45. The van der Waals surface area contributed by atoms with E-state index in [4.69, 9.17) is 38.5 Å². The normalized spacial score (nSPS) is 47.8. The van der Waals surface area contributed by atoms with Crippen LogP contribution in [0, 0.1) is 35.5 Å². The minimum atomic E-state index is -0.778. The van der Waals surface area contributed by atoms with Gasteiger partial charge in [-0.05, 0) is 112 Å². The molecule has 8 heterocycles. The van der Waals surface area contributed by atoms with Crippen molar-refractivity contribution >= 4 is 12.2 Å². The zero-order chi connectivity index (χ0) is 33.1. The molecular formula is C40H50O8. The molecule has 0 radical (unpaired) electrons. The molecule has 1 aromatic rings. The first-order valence-electron chi connectivity index (χ1n) is 18.3. The van der Waals surface area contributed by atoms with E-state index in [-0.39, 0.29) is 11.8 Å². The lowest BCUT2D eigenvalue weighted by Crippen LogP contribution is -2.66. The highest BCUT2D eigenvalue weighted by molar-refractivity contribution is 5.59. The Morgan fingerprint density at radius 1 is 0.562 bits per heavy atom. The minimum absolute atomic E-state index is 0.199. The first-order valence-corrected chi connectivity index (χ1v) is 18.3. The molecule has 48 heavy (non-hydrogen) atoms. The second kappa shape index (κ2) is 11.0. The summed E-state index contributed by atoms with van der Waals surface area (Å²) in [7, 11) is 0. The molecule has 8 heteroatoms. The van der Waals surface area contributed by atoms with Crippen LogP contribution in [0.1, 0.15) is 104 Å². The summed E-state index contributed by atoms with van der Waals surface area (Å²) in [5.74, 6) is 2.35. The molecule has 0 aromatic heterocycles. The summed E-state index contributed by atoms with van der Waals surface area (Å²) in [6.07, 6.45) is 15.6. The predicted molar refractivity (Wildman–Crippen MR) is 178 cm³/mol. The van der Waals surface area contributed by atoms with E-state index >= 15 is 0 Å². The molecule has 12 atom stereocenters. The number of allylic oxidation sites excluding steroid dienone is 2. The van der Waals surface area contributed by atoms with Gasteiger partial charge in [0.05, 0.1) is 0 Å². The molecule has 0 amide bonds. The summed E-state index contributed by atoms with van der Waals surface area (Å²) in [5, 5.41) is 0. The summed E-state index contributed by atoms with van der Waals surface area (Å²) < 4.78 is 26.3. The van der Waals surface area contributed by atoms with E-state index in [0.717, 1.165) is 61.2 Å². The van der Waals surface area contributed by atoms with Crippen LogP contribution in [0.25, 0.3) is 12.2 Å². The first-order chi connectivity index (χ1) is 23.0. The second-order valence-corrected chi connectivity index (χ2v) is 16.4. The van der Waals surface area contributed by atoms with Gasteiger partial charge in [-0.1, -0.05) is 50.3 Å². The number of ether oxygens (including phenoxy) is 4. The smallest absolute Gasteiger partial charge is 0.235 e.